The highest BCUT2D eigenvalue weighted by atomic mass is 16.3. The number of aliphatic hydroxyl groups excluding tert-OH is 1. The zero-order chi connectivity index (χ0) is 14.0. The van der Waals surface area contributed by atoms with E-state index >= 15 is 0 Å². The maximum atomic E-state index is 11.4. The molecule has 1 heterocycles. The smallest absolute Gasteiger partial charge is 0.254 e. The minimum absolute atomic E-state index is 0.434. The lowest BCUT2D eigenvalue weighted by atomic mass is 10.2. The Morgan fingerprint density at radius 1 is 1.32 bits per heavy atom. The van der Waals surface area contributed by atoms with Crippen LogP contribution in [0, 0.1) is 13.8 Å². The number of carbonyl (C=O) groups is 1. The number of anilines is 1. The molecule has 1 aromatic carbocycles. The summed E-state index contributed by atoms with van der Waals surface area (Å²) in [5, 5.41) is 16.0. The summed E-state index contributed by atoms with van der Waals surface area (Å²) >= 11 is 0. The zero-order valence-electron chi connectivity index (χ0n) is 11.2. The van der Waals surface area contributed by atoms with Gasteiger partial charge in [-0.05, 0) is 32.9 Å². The molecule has 1 aromatic heterocycles. The number of hydrogen-bond donors (Lipinski definition) is 2. The molecule has 2 rings (SSSR count). The molecule has 0 radical (unpaired) electrons. The molecule has 1 atom stereocenters. The predicted molar refractivity (Wildman–Crippen MR) is 73.3 cm³/mol. The summed E-state index contributed by atoms with van der Waals surface area (Å²) in [6, 6.07) is 9.71. The first kappa shape index (κ1) is 13.3. The van der Waals surface area contributed by atoms with Crippen LogP contribution in [0.25, 0.3) is 5.69 Å². The van der Waals surface area contributed by atoms with Gasteiger partial charge in [0.25, 0.3) is 5.91 Å². The molecular weight excluding hydrogens is 242 g/mol. The van der Waals surface area contributed by atoms with Crippen molar-refractivity contribution in [3.8, 4) is 5.69 Å². The van der Waals surface area contributed by atoms with Gasteiger partial charge < -0.3 is 10.4 Å². The fourth-order valence-electron chi connectivity index (χ4n) is 1.71. The van der Waals surface area contributed by atoms with Crippen molar-refractivity contribution < 1.29 is 9.90 Å². The lowest BCUT2D eigenvalue weighted by molar-refractivity contribution is -0.123. The third-order valence-corrected chi connectivity index (χ3v) is 2.80. The molecule has 0 aliphatic rings. The Labute approximate surface area is 111 Å². The van der Waals surface area contributed by atoms with Crippen molar-refractivity contribution >= 4 is 11.7 Å². The lowest BCUT2D eigenvalue weighted by Gasteiger charge is -2.05. The Morgan fingerprint density at radius 2 is 1.95 bits per heavy atom. The highest BCUT2D eigenvalue weighted by molar-refractivity contribution is 5.92. The van der Waals surface area contributed by atoms with Crippen LogP contribution in [0.3, 0.4) is 0 Å². The number of nitrogens with one attached hydrogen (secondary N) is 1. The first-order chi connectivity index (χ1) is 8.97. The summed E-state index contributed by atoms with van der Waals surface area (Å²) in [6.45, 7) is 5.35. The Hall–Kier alpha value is -2.14. The summed E-state index contributed by atoms with van der Waals surface area (Å²) in [5.74, 6) is -0.0301. The second kappa shape index (κ2) is 5.24. The number of rotatable bonds is 3. The van der Waals surface area contributed by atoms with E-state index in [2.05, 4.69) is 10.4 Å². The largest absolute Gasteiger partial charge is 0.384 e. The fourth-order valence-corrected chi connectivity index (χ4v) is 1.71. The monoisotopic (exact) mass is 259 g/mol. The van der Waals surface area contributed by atoms with Crippen molar-refractivity contribution in [2.24, 2.45) is 0 Å². The minimum Gasteiger partial charge on any atom is -0.384 e. The third-order valence-electron chi connectivity index (χ3n) is 2.80. The fraction of sp³-hybridized carbons (Fsp3) is 0.286. The molecule has 1 amide bonds. The van der Waals surface area contributed by atoms with Crippen molar-refractivity contribution in [2.45, 2.75) is 26.9 Å². The topological polar surface area (TPSA) is 67.2 Å². The van der Waals surface area contributed by atoms with E-state index in [1.54, 1.807) is 10.7 Å². The van der Waals surface area contributed by atoms with Crippen molar-refractivity contribution in [1.29, 1.82) is 0 Å². The summed E-state index contributed by atoms with van der Waals surface area (Å²) in [4.78, 5) is 11.4. The lowest BCUT2D eigenvalue weighted by Crippen LogP contribution is -2.24. The number of nitrogens with zero attached hydrogens (tertiary/aromatic N) is 2. The van der Waals surface area contributed by atoms with E-state index in [-0.39, 0.29) is 0 Å². The molecule has 0 bridgehead atoms. The number of aromatic nitrogens is 2. The van der Waals surface area contributed by atoms with Gasteiger partial charge in [0, 0.05) is 11.8 Å². The van der Waals surface area contributed by atoms with E-state index in [0.717, 1.165) is 11.4 Å². The van der Waals surface area contributed by atoms with Gasteiger partial charge in [-0.2, -0.15) is 0 Å². The van der Waals surface area contributed by atoms with Gasteiger partial charge in [-0.25, -0.2) is 4.68 Å². The van der Waals surface area contributed by atoms with Gasteiger partial charge in [0.05, 0.1) is 5.69 Å². The molecule has 19 heavy (non-hydrogen) atoms. The number of benzene rings is 1. The average molecular weight is 259 g/mol. The van der Waals surface area contributed by atoms with Crippen LogP contribution >= 0.6 is 0 Å². The second-order valence-electron chi connectivity index (χ2n) is 4.58. The number of hydrogen-bond acceptors (Lipinski definition) is 3. The Morgan fingerprint density at radius 3 is 2.53 bits per heavy atom. The van der Waals surface area contributed by atoms with Gasteiger partial charge in [-0.15, -0.1) is 5.10 Å². The van der Waals surface area contributed by atoms with Crippen LogP contribution < -0.4 is 5.32 Å². The van der Waals surface area contributed by atoms with Gasteiger partial charge in [-0.1, -0.05) is 17.7 Å². The molecular formula is C14H17N3O2. The van der Waals surface area contributed by atoms with Gasteiger partial charge in [0.15, 0.2) is 5.82 Å². The first-order valence-electron chi connectivity index (χ1n) is 6.10. The highest BCUT2D eigenvalue weighted by Gasteiger charge is 2.12. The number of aliphatic hydroxyl groups is 1. The molecule has 0 fully saturated rings. The maximum absolute atomic E-state index is 11.4. The third kappa shape index (κ3) is 3.00. The van der Waals surface area contributed by atoms with Crippen LogP contribution in [0.4, 0.5) is 5.82 Å². The number of amides is 1. The van der Waals surface area contributed by atoms with Gasteiger partial charge in [-0.3, -0.25) is 4.79 Å². The Bertz CT molecular complexity index is 585. The Kier molecular flexibility index (Phi) is 3.66. The van der Waals surface area contributed by atoms with Gasteiger partial charge in [0.1, 0.15) is 6.10 Å². The SMILES string of the molecule is Cc1ccc(-n2nc(NC(=O)C(C)O)cc2C)cc1. The maximum Gasteiger partial charge on any atom is 0.254 e. The van der Waals surface area contributed by atoms with E-state index in [4.69, 9.17) is 5.11 Å². The molecule has 100 valence electrons. The Balaban J connectivity index is 2.26. The standard InChI is InChI=1S/C14H17N3O2/c1-9-4-6-12(7-5-9)17-10(2)8-13(16-17)15-14(19)11(3)18/h4-8,11,18H,1-3H3,(H,15,16,19). The van der Waals surface area contributed by atoms with Gasteiger partial charge >= 0.3 is 0 Å². The van der Waals surface area contributed by atoms with Crippen molar-refractivity contribution in [3.05, 3.63) is 41.6 Å². The van der Waals surface area contributed by atoms with Crippen LogP contribution in [-0.4, -0.2) is 26.9 Å². The summed E-state index contributed by atoms with van der Waals surface area (Å²) in [7, 11) is 0. The van der Waals surface area contributed by atoms with Gasteiger partial charge in [0.2, 0.25) is 0 Å². The molecule has 2 aromatic rings. The van der Waals surface area contributed by atoms with Crippen LogP contribution in [0.15, 0.2) is 30.3 Å². The highest BCUT2D eigenvalue weighted by Crippen LogP contribution is 2.15. The predicted octanol–water partition coefficient (Wildman–Crippen LogP) is 1.81. The first-order valence-corrected chi connectivity index (χ1v) is 6.10. The van der Waals surface area contributed by atoms with Crippen LogP contribution in [0.5, 0.6) is 0 Å². The van der Waals surface area contributed by atoms with Crippen molar-refractivity contribution in [1.82, 2.24) is 9.78 Å². The molecule has 0 aliphatic heterocycles. The van der Waals surface area contributed by atoms with E-state index in [1.165, 1.54) is 12.5 Å². The quantitative estimate of drug-likeness (QED) is 0.883. The van der Waals surface area contributed by atoms with Crippen molar-refractivity contribution in [3.63, 3.8) is 0 Å². The minimum atomic E-state index is -1.05. The molecule has 0 aliphatic carbocycles. The van der Waals surface area contributed by atoms with Crippen LogP contribution in [0.2, 0.25) is 0 Å². The summed E-state index contributed by atoms with van der Waals surface area (Å²) in [5.41, 5.74) is 3.02. The second-order valence-corrected chi connectivity index (χ2v) is 4.58. The summed E-state index contributed by atoms with van der Waals surface area (Å²) < 4.78 is 1.75. The van der Waals surface area contributed by atoms with Crippen molar-refractivity contribution in [2.75, 3.05) is 5.32 Å². The van der Waals surface area contributed by atoms with E-state index in [9.17, 15) is 4.79 Å². The van der Waals surface area contributed by atoms with E-state index in [0.29, 0.717) is 5.82 Å². The molecule has 2 N–H and O–H groups in total. The van der Waals surface area contributed by atoms with E-state index < -0.39 is 12.0 Å². The average Bonchev–Trinajstić information content (AvgIpc) is 2.71. The molecule has 5 heteroatoms. The number of carbonyl (C=O) groups excluding carboxylic acids is 1. The zero-order valence-corrected chi connectivity index (χ0v) is 11.2. The van der Waals surface area contributed by atoms with Crippen LogP contribution in [-0.2, 0) is 4.79 Å². The normalized spacial score (nSPS) is 12.2. The molecule has 0 saturated heterocycles. The summed E-state index contributed by atoms with van der Waals surface area (Å²) in [6.07, 6.45) is -1.05. The number of aryl methyl sites for hydroxylation is 2. The molecule has 5 nitrogen and oxygen atoms in total. The molecule has 0 spiro atoms. The molecule has 1 unspecified atom stereocenters. The van der Waals surface area contributed by atoms with Crippen LogP contribution in [0.1, 0.15) is 18.2 Å². The molecule has 0 saturated carbocycles. The van der Waals surface area contributed by atoms with E-state index in [1.807, 2.05) is 38.1 Å².